The summed E-state index contributed by atoms with van der Waals surface area (Å²) in [6.45, 7) is 3.37. The third kappa shape index (κ3) is 2.87. The van der Waals surface area contributed by atoms with Crippen LogP contribution in [0.5, 0.6) is 5.75 Å². The van der Waals surface area contributed by atoms with Gasteiger partial charge in [0.15, 0.2) is 0 Å². The lowest BCUT2D eigenvalue weighted by Crippen LogP contribution is -2.29. The molecule has 21 heavy (non-hydrogen) atoms. The first-order valence-electron chi connectivity index (χ1n) is 8.10. The van der Waals surface area contributed by atoms with Gasteiger partial charge in [0, 0.05) is 6.54 Å². The Balaban J connectivity index is 2.01. The van der Waals surface area contributed by atoms with Crippen molar-refractivity contribution in [2.45, 2.75) is 26.2 Å². The molecule has 3 rings (SSSR count). The minimum atomic E-state index is 0.671. The van der Waals surface area contributed by atoms with Crippen LogP contribution >= 0.6 is 0 Å². The molecule has 0 spiro atoms. The largest absolute Gasteiger partial charge is 0.497 e. The maximum absolute atomic E-state index is 5.45. The van der Waals surface area contributed by atoms with E-state index in [9.17, 15) is 0 Å². The molecular weight excluding hydrogens is 258 g/mol. The van der Waals surface area contributed by atoms with Crippen LogP contribution in [0.15, 0.2) is 24.3 Å². The molecule has 114 valence electrons. The Morgan fingerprint density at radius 2 is 2.05 bits per heavy atom. The third-order valence-electron chi connectivity index (χ3n) is 5.22. The Kier molecular flexibility index (Phi) is 4.08. The van der Waals surface area contributed by atoms with Gasteiger partial charge in [-0.3, -0.25) is 0 Å². The third-order valence-corrected chi connectivity index (χ3v) is 5.22. The van der Waals surface area contributed by atoms with Crippen molar-refractivity contribution < 1.29 is 4.74 Å². The number of ether oxygens (including phenoxy) is 1. The van der Waals surface area contributed by atoms with Gasteiger partial charge in [0.05, 0.1) is 7.11 Å². The Morgan fingerprint density at radius 1 is 1.24 bits per heavy atom. The van der Waals surface area contributed by atoms with Crippen LogP contribution in [-0.4, -0.2) is 32.6 Å². The highest BCUT2D eigenvalue weighted by Crippen LogP contribution is 2.48. The minimum absolute atomic E-state index is 0.671. The van der Waals surface area contributed by atoms with Crippen LogP contribution in [0.2, 0.25) is 0 Å². The van der Waals surface area contributed by atoms with Crippen LogP contribution in [0.1, 0.15) is 30.4 Å². The molecule has 0 radical (unpaired) electrons. The number of allylic oxidation sites excluding steroid dienone is 1. The van der Waals surface area contributed by atoms with E-state index in [1.165, 1.54) is 30.4 Å². The maximum atomic E-state index is 5.45. The highest BCUT2D eigenvalue weighted by Gasteiger charge is 2.37. The zero-order valence-electron chi connectivity index (χ0n) is 13.7. The van der Waals surface area contributed by atoms with Crippen LogP contribution < -0.4 is 4.74 Å². The number of aryl methyl sites for hydroxylation is 1. The van der Waals surface area contributed by atoms with Gasteiger partial charge in [-0.15, -0.1) is 0 Å². The lowest BCUT2D eigenvalue weighted by atomic mass is 9.75. The van der Waals surface area contributed by atoms with Crippen LogP contribution in [0.25, 0.3) is 5.57 Å². The van der Waals surface area contributed by atoms with Gasteiger partial charge in [0.1, 0.15) is 5.75 Å². The molecule has 1 fully saturated rings. The molecule has 3 atom stereocenters. The van der Waals surface area contributed by atoms with Gasteiger partial charge in [-0.2, -0.15) is 0 Å². The highest BCUT2D eigenvalue weighted by molar-refractivity contribution is 5.72. The zero-order valence-corrected chi connectivity index (χ0v) is 13.7. The molecule has 2 heteroatoms. The van der Waals surface area contributed by atoms with Crippen molar-refractivity contribution in [3.05, 3.63) is 35.4 Å². The van der Waals surface area contributed by atoms with Crippen molar-refractivity contribution in [1.82, 2.24) is 4.90 Å². The molecule has 2 aliphatic rings. The summed E-state index contributed by atoms with van der Waals surface area (Å²) in [5.74, 6) is 3.31. The lowest BCUT2D eigenvalue weighted by Gasteiger charge is -2.33. The molecule has 0 aromatic heterocycles. The topological polar surface area (TPSA) is 12.5 Å². The molecule has 0 saturated heterocycles. The second kappa shape index (κ2) is 5.84. The average molecular weight is 285 g/mol. The summed E-state index contributed by atoms with van der Waals surface area (Å²) < 4.78 is 5.45. The fraction of sp³-hybridized carbons (Fsp3) is 0.579. The number of nitrogens with zero attached hydrogens (tertiary/aromatic N) is 1. The number of hydrogen-bond donors (Lipinski definition) is 0. The van der Waals surface area contributed by atoms with E-state index < -0.39 is 0 Å². The Bertz CT molecular complexity index is 546. The van der Waals surface area contributed by atoms with Gasteiger partial charge in [0.25, 0.3) is 0 Å². The van der Waals surface area contributed by atoms with Gasteiger partial charge in [0.2, 0.25) is 0 Å². The van der Waals surface area contributed by atoms with Gasteiger partial charge in [-0.05, 0) is 86.9 Å². The minimum Gasteiger partial charge on any atom is -0.497 e. The molecule has 0 aliphatic heterocycles. The van der Waals surface area contributed by atoms with Gasteiger partial charge < -0.3 is 9.64 Å². The van der Waals surface area contributed by atoms with E-state index in [0.29, 0.717) is 5.92 Å². The number of methoxy groups -OCH3 is 1. The van der Waals surface area contributed by atoms with E-state index >= 15 is 0 Å². The summed E-state index contributed by atoms with van der Waals surface area (Å²) in [6, 6.07) is 6.49. The normalized spacial score (nSPS) is 27.9. The van der Waals surface area contributed by atoms with Crippen molar-refractivity contribution in [3.8, 4) is 5.75 Å². The van der Waals surface area contributed by atoms with Gasteiger partial charge >= 0.3 is 0 Å². The Morgan fingerprint density at radius 3 is 2.76 bits per heavy atom. The SMILES string of the molecule is COc1ccc(C)c(C2=C[C@H]3CC[C@H](C3)[C@@H]2CN(C)C)c1. The summed E-state index contributed by atoms with van der Waals surface area (Å²) >= 11 is 0. The van der Waals surface area contributed by atoms with E-state index in [1.54, 1.807) is 12.7 Å². The number of hydrogen-bond acceptors (Lipinski definition) is 2. The number of fused-ring (bicyclic) bond motifs is 2. The van der Waals surface area contributed by atoms with Gasteiger partial charge in [-0.1, -0.05) is 12.1 Å². The first kappa shape index (κ1) is 14.6. The fourth-order valence-electron chi connectivity index (χ4n) is 4.17. The summed E-state index contributed by atoms with van der Waals surface area (Å²) in [6.07, 6.45) is 6.73. The van der Waals surface area contributed by atoms with Crippen LogP contribution in [0.4, 0.5) is 0 Å². The van der Waals surface area contributed by atoms with Gasteiger partial charge in [-0.25, -0.2) is 0 Å². The second-order valence-corrected chi connectivity index (χ2v) is 7.00. The molecule has 0 unspecified atom stereocenters. The molecule has 2 nitrogen and oxygen atoms in total. The van der Waals surface area contributed by atoms with Crippen molar-refractivity contribution in [3.63, 3.8) is 0 Å². The summed E-state index contributed by atoms with van der Waals surface area (Å²) in [4.78, 5) is 2.34. The first-order chi connectivity index (χ1) is 10.1. The summed E-state index contributed by atoms with van der Waals surface area (Å²) in [7, 11) is 6.14. The van der Waals surface area contributed by atoms with Crippen LogP contribution in [0.3, 0.4) is 0 Å². The molecule has 0 heterocycles. The molecule has 2 aliphatic carbocycles. The maximum Gasteiger partial charge on any atom is 0.119 e. The van der Waals surface area contributed by atoms with E-state index in [1.807, 2.05) is 0 Å². The quantitative estimate of drug-likeness (QED) is 0.829. The standard InChI is InChI=1S/C19H27NO/c1-13-5-8-16(21-4)11-17(13)18-10-14-6-7-15(9-14)19(18)12-20(2)3/h5,8,10-11,14-15,19H,6-7,9,12H2,1-4H3/t14-,15+,19-/m0/s1. The Hall–Kier alpha value is -1.28. The molecule has 1 saturated carbocycles. The smallest absolute Gasteiger partial charge is 0.119 e. The molecular formula is C19H27NO. The highest BCUT2D eigenvalue weighted by atomic mass is 16.5. The van der Waals surface area contributed by atoms with E-state index in [0.717, 1.165) is 24.1 Å². The molecule has 0 amide bonds. The predicted octanol–water partition coefficient (Wildman–Crippen LogP) is 3.99. The van der Waals surface area contributed by atoms with Crippen molar-refractivity contribution in [2.75, 3.05) is 27.7 Å². The number of benzene rings is 1. The van der Waals surface area contributed by atoms with Crippen molar-refractivity contribution >= 4 is 5.57 Å². The average Bonchev–Trinajstić information content (AvgIpc) is 2.85. The Labute approximate surface area is 128 Å². The second-order valence-electron chi connectivity index (χ2n) is 7.00. The van der Waals surface area contributed by atoms with Crippen LogP contribution in [0, 0.1) is 24.7 Å². The number of rotatable bonds is 4. The van der Waals surface area contributed by atoms with Crippen molar-refractivity contribution in [1.29, 1.82) is 0 Å². The van der Waals surface area contributed by atoms with Crippen molar-refractivity contribution in [2.24, 2.45) is 17.8 Å². The molecule has 0 N–H and O–H groups in total. The molecule has 2 bridgehead atoms. The predicted molar refractivity (Wildman–Crippen MR) is 88.6 cm³/mol. The summed E-state index contributed by atoms with van der Waals surface area (Å²) in [5, 5.41) is 0. The lowest BCUT2D eigenvalue weighted by molar-refractivity contribution is 0.289. The molecule has 1 aromatic rings. The van der Waals surface area contributed by atoms with E-state index in [-0.39, 0.29) is 0 Å². The zero-order chi connectivity index (χ0) is 15.0. The van der Waals surface area contributed by atoms with Crippen LogP contribution in [-0.2, 0) is 0 Å². The summed E-state index contributed by atoms with van der Waals surface area (Å²) in [5.41, 5.74) is 4.34. The monoisotopic (exact) mass is 285 g/mol. The molecule has 1 aromatic carbocycles. The first-order valence-corrected chi connectivity index (χ1v) is 8.10. The fourth-order valence-corrected chi connectivity index (χ4v) is 4.17. The van der Waals surface area contributed by atoms with E-state index in [4.69, 9.17) is 4.74 Å². The van der Waals surface area contributed by atoms with E-state index in [2.05, 4.69) is 50.2 Å².